The molecule has 6 aromatic rings. The van der Waals surface area contributed by atoms with Crippen LogP contribution in [0.3, 0.4) is 0 Å². The fraction of sp³-hybridized carbons (Fsp3) is 0.302. The molecule has 6 aliphatic rings. The van der Waals surface area contributed by atoms with E-state index in [-0.39, 0.29) is 21.1 Å². The van der Waals surface area contributed by atoms with Gasteiger partial charge < -0.3 is 24.4 Å². The van der Waals surface area contributed by atoms with E-state index in [1.54, 1.807) is 0 Å². The second-order valence-electron chi connectivity index (χ2n) is 21.1. The number of benzene rings is 4. The number of carbonyl (C=O) groups excluding carboxylic acids is 1. The molecule has 0 N–H and O–H groups in total. The Morgan fingerprint density at radius 1 is 0.585 bits per heavy atom. The standard InChI is InChI=1S/C26H30N4Si.C26H28N4Si.CHO.2ClH.2F6P.2Pt/c2*1-31(2)23-9-5-7-21(17-23)27-13-15-29(19-27)25-11-3-4-12-26(25)30-16-14-28(20-30)22-8-6-10-24(31)18-22;1-2;;;2*1-7(2,3,4,5)6;;/h5-10,13-20,25-26H,3-4,11-12H2,1-2H3;5-10,13-16,19-20,25-26H,3-4,11-12H2,1-2H3;1H;2*1H;;;;/q+2;-4;-1;;;2*-1;+2;+4/p-2/i;;1D;;;;;;. The molecule has 2 saturated carbocycles. The molecule has 4 unspecified atom stereocenters. The van der Waals surface area contributed by atoms with Crippen LogP contribution in [0.4, 0.5) is 61.7 Å². The van der Waals surface area contributed by atoms with Gasteiger partial charge >= 0.3 is 122 Å². The smallest absolute Gasteiger partial charge is 4.00 e. The first-order chi connectivity index (χ1) is 37.9. The summed E-state index contributed by atoms with van der Waals surface area (Å²) >= 11 is -0.472. The summed E-state index contributed by atoms with van der Waals surface area (Å²) in [4.78, 5) is 17.6. The van der Waals surface area contributed by atoms with Gasteiger partial charge in [-0.3, -0.25) is 6.77 Å². The van der Waals surface area contributed by atoms with Gasteiger partial charge in [-0.15, -0.1) is 11.4 Å². The van der Waals surface area contributed by atoms with E-state index in [1.807, 2.05) is 0 Å². The van der Waals surface area contributed by atoms with E-state index >= 15 is 0 Å². The van der Waals surface area contributed by atoms with Crippen molar-refractivity contribution in [2.45, 2.75) is 102 Å². The number of anilines is 2. The van der Waals surface area contributed by atoms with Gasteiger partial charge in [0, 0.05) is 12.1 Å². The molecule has 29 heteroatoms. The number of nitrogens with zero attached hydrogens (tertiary/aromatic N) is 8. The molecule has 4 aromatic carbocycles. The number of hydrogen-bond donors (Lipinski definition) is 0. The average molecular weight is 1630 g/mol. The van der Waals surface area contributed by atoms with Gasteiger partial charge in [0.2, 0.25) is 12.7 Å². The molecule has 2 fully saturated rings. The van der Waals surface area contributed by atoms with Gasteiger partial charge in [-0.1, -0.05) is 73.7 Å². The Hall–Kier alpha value is -3.94. The van der Waals surface area contributed by atoms with Crippen LogP contribution < -0.4 is 39.7 Å². The molecule has 454 valence electrons. The molecule has 4 atom stereocenters. The Morgan fingerprint density at radius 3 is 1.29 bits per heavy atom. The zero-order chi connectivity index (χ0) is 60.2. The van der Waals surface area contributed by atoms with Crippen molar-refractivity contribution in [1.29, 1.82) is 0 Å². The van der Waals surface area contributed by atoms with E-state index in [2.05, 4.69) is 237 Å². The molecular weight excluding hydrogens is 1570 g/mol. The minimum atomic E-state index is -10.7. The number of fused-ring (bicyclic) bond motifs is 26. The minimum absolute atomic E-state index is 0. The predicted molar refractivity (Wildman–Crippen MR) is 300 cm³/mol. The number of imidazole rings is 2. The third-order valence-electron chi connectivity index (χ3n) is 14.7. The maximum absolute atomic E-state index is 10.7. The van der Waals surface area contributed by atoms with Crippen LogP contribution in [0.2, 0.25) is 26.2 Å². The first kappa shape index (κ1) is 65.6. The van der Waals surface area contributed by atoms with Crippen molar-refractivity contribution in [3.8, 4) is 11.4 Å². The first-order valence-electron chi connectivity index (χ1n) is 25.8. The third-order valence-corrected chi connectivity index (χ3v) is 21.5. The van der Waals surface area contributed by atoms with Gasteiger partial charge in [-0.05, 0) is 87.6 Å². The van der Waals surface area contributed by atoms with Crippen molar-refractivity contribution in [2.75, 3.05) is 9.80 Å². The molecule has 0 saturated heterocycles. The van der Waals surface area contributed by atoms with Crippen molar-refractivity contribution in [2.24, 2.45) is 0 Å². The van der Waals surface area contributed by atoms with Crippen molar-refractivity contribution in [1.82, 2.24) is 18.9 Å². The molecule has 82 heavy (non-hydrogen) atoms. The molecule has 9 nitrogen and oxygen atoms in total. The Balaban J connectivity index is 0.000000200. The summed E-state index contributed by atoms with van der Waals surface area (Å²) in [5, 5.41) is 5.56. The summed E-state index contributed by atoms with van der Waals surface area (Å²) in [6.07, 6.45) is 32.5. The van der Waals surface area contributed by atoms with E-state index in [4.69, 9.17) is 25.0 Å². The molecule has 2 aliphatic carbocycles. The third kappa shape index (κ3) is 19.0. The molecular formula is C53H59Cl2F12N8OP2Pt2Si2-. The molecule has 4 aliphatic heterocycles. The largest absolute Gasteiger partial charge is 4.00 e. The minimum Gasteiger partial charge on any atom is 4.00 e. The predicted octanol–water partition coefficient (Wildman–Crippen LogP) is 15.1. The van der Waals surface area contributed by atoms with Gasteiger partial charge in [0.05, 0.1) is 8.07 Å². The Bertz CT molecular complexity index is 3050. The molecule has 2 aromatic heterocycles. The van der Waals surface area contributed by atoms with Gasteiger partial charge in [0.25, 0.3) is 0 Å². The fourth-order valence-corrected chi connectivity index (χ4v) is 15.4. The topological polar surface area (TPSA) is 47.6 Å². The van der Waals surface area contributed by atoms with Crippen LogP contribution in [-0.4, -0.2) is 53.9 Å². The van der Waals surface area contributed by atoms with E-state index in [0.29, 0.717) is 24.2 Å². The summed E-state index contributed by atoms with van der Waals surface area (Å²) in [5.74, 6) is 0. The zero-order valence-electron chi connectivity index (χ0n) is 45.3. The average Bonchev–Trinajstić information content (AvgIpc) is 4.48. The molecule has 12 rings (SSSR count). The fourth-order valence-electron chi connectivity index (χ4n) is 10.8. The van der Waals surface area contributed by atoms with Gasteiger partial charge in [0.1, 0.15) is 56.3 Å². The van der Waals surface area contributed by atoms with Crippen LogP contribution in [-0.2, 0) is 42.3 Å². The first-order valence-corrected chi connectivity index (χ1v) is 41.0. The number of halogens is 14. The normalized spacial score (nSPS) is 22.4. The monoisotopic (exact) mass is 1630 g/mol. The number of aromatic nitrogens is 4. The molecule has 6 heterocycles. The SMILES string of the molecule is C[Si]1(C)c2[c-]c(ccc2)N2C=CN([CH-]2)C2CCCCC2N2C=CN([CH-]2)c2[c-]c1ccc2.C[Si]1(C)c2cccc(c2)-n2cc[n+](c2)C2CCCCC2[n+]2ccn(c2)-c2cccc1c2.F[P-](F)(F)(F)(F)F.F[P-](F)(F)(F)(F)F.[2H][C-]=O.[Cl][Pt][Cl].[Pt+4]. The summed E-state index contributed by atoms with van der Waals surface area (Å²) < 4.78 is 133. The van der Waals surface area contributed by atoms with Crippen molar-refractivity contribution in [3.63, 3.8) is 0 Å². The summed E-state index contributed by atoms with van der Waals surface area (Å²) in [6.45, 7) is 15.0. The Morgan fingerprint density at radius 2 is 0.927 bits per heavy atom. The van der Waals surface area contributed by atoms with Crippen molar-refractivity contribution >= 4 is 89.5 Å². The van der Waals surface area contributed by atoms with Gasteiger partial charge in [0.15, 0.2) is 0 Å². The molecule has 0 amide bonds. The molecule has 0 spiro atoms. The maximum Gasteiger partial charge on any atom is 4.00 e. The Kier molecular flexibility index (Phi) is 19.6. The van der Waals surface area contributed by atoms with Gasteiger partial charge in [-0.2, -0.15) is 73.6 Å². The van der Waals surface area contributed by atoms with E-state index < -0.39 is 48.2 Å². The summed E-state index contributed by atoms with van der Waals surface area (Å²) in [6, 6.07) is 41.0. The summed E-state index contributed by atoms with van der Waals surface area (Å²) in [5.41, 5.74) is 4.75. The summed E-state index contributed by atoms with van der Waals surface area (Å²) in [7, 11) is -15.3. The quantitative estimate of drug-likeness (QED) is 0.0379. The van der Waals surface area contributed by atoms with Crippen LogP contribution in [0, 0.1) is 25.5 Å². The molecule has 16 bridgehead atoms. The maximum atomic E-state index is 9.87. The van der Waals surface area contributed by atoms with Crippen molar-refractivity contribution < 1.29 is 103 Å². The van der Waals surface area contributed by atoms with E-state index in [0.717, 1.165) is 18.1 Å². The molecule has 0 radical (unpaired) electrons. The zero-order valence-corrected chi connectivity index (χ0v) is 54.1. The second kappa shape index (κ2) is 24.4. The Labute approximate surface area is 503 Å². The number of rotatable bonds is 0. The van der Waals surface area contributed by atoms with Crippen LogP contribution in [0.5, 0.6) is 0 Å². The van der Waals surface area contributed by atoms with Crippen LogP contribution in [0.25, 0.3) is 11.4 Å². The van der Waals surface area contributed by atoms with Gasteiger partial charge in [-0.25, -0.2) is 18.3 Å². The second-order valence-corrected chi connectivity index (χ2v) is 37.0. The van der Waals surface area contributed by atoms with Crippen LogP contribution in [0.15, 0.2) is 147 Å². The number of hydrogen-bond acceptors (Lipinski definition) is 5. The van der Waals surface area contributed by atoms with E-state index in [1.165, 1.54) is 83.5 Å². The van der Waals surface area contributed by atoms with E-state index in [9.17, 15) is 50.4 Å². The van der Waals surface area contributed by atoms with Crippen LogP contribution >= 0.6 is 34.5 Å². The van der Waals surface area contributed by atoms with Crippen LogP contribution in [0.1, 0.15) is 64.8 Å². The van der Waals surface area contributed by atoms with Crippen molar-refractivity contribution in [3.05, 3.63) is 173 Å².